The third kappa shape index (κ3) is 3.69. The lowest BCUT2D eigenvalue weighted by molar-refractivity contribution is -0.137. The van der Waals surface area contributed by atoms with Crippen LogP contribution >= 0.6 is 0 Å². The Hall–Kier alpha value is -2.24. The third-order valence-corrected chi connectivity index (χ3v) is 3.87. The molecule has 1 aliphatic heterocycles. The first kappa shape index (κ1) is 16.1. The van der Waals surface area contributed by atoms with Gasteiger partial charge in [0.25, 0.3) is 5.91 Å². The van der Waals surface area contributed by atoms with Gasteiger partial charge in [0, 0.05) is 12.6 Å². The van der Waals surface area contributed by atoms with E-state index in [1.54, 1.807) is 4.90 Å². The summed E-state index contributed by atoms with van der Waals surface area (Å²) in [6.45, 7) is 2.37. The van der Waals surface area contributed by atoms with Crippen LogP contribution in [0.25, 0.3) is 0 Å². The van der Waals surface area contributed by atoms with Crippen LogP contribution in [0.4, 0.5) is 0 Å². The summed E-state index contributed by atoms with van der Waals surface area (Å²) in [5.41, 5.74) is -0.0150. The maximum absolute atomic E-state index is 12.1. The lowest BCUT2D eigenvalue weighted by Gasteiger charge is -2.33. The number of rotatable bonds is 4. The van der Waals surface area contributed by atoms with E-state index >= 15 is 0 Å². The van der Waals surface area contributed by atoms with Crippen LogP contribution in [0.2, 0.25) is 0 Å². The topological polar surface area (TPSA) is 76.1 Å². The molecule has 0 bridgehead atoms. The molecule has 2 rings (SSSR count). The fraction of sp³-hybridized carbons (Fsp3) is 0.500. The van der Waals surface area contributed by atoms with E-state index in [1.165, 1.54) is 25.3 Å². The zero-order valence-corrected chi connectivity index (χ0v) is 12.9. The zero-order valence-electron chi connectivity index (χ0n) is 12.9. The SMILES string of the molecule is COc1ccc(O)c(C(=O)OCC(=O)N2CCCC[C@@H]2C)c1. The number of hydrogen-bond donors (Lipinski definition) is 1. The van der Waals surface area contributed by atoms with Crippen LogP contribution < -0.4 is 4.74 Å². The van der Waals surface area contributed by atoms with Gasteiger partial charge < -0.3 is 19.5 Å². The Bertz CT molecular complexity index is 557. The van der Waals surface area contributed by atoms with Crippen molar-refractivity contribution in [2.45, 2.75) is 32.2 Å². The van der Waals surface area contributed by atoms with Crippen LogP contribution in [0.1, 0.15) is 36.5 Å². The van der Waals surface area contributed by atoms with E-state index in [-0.39, 0.29) is 29.9 Å². The Morgan fingerprint density at radius 2 is 2.14 bits per heavy atom. The van der Waals surface area contributed by atoms with Gasteiger partial charge in [-0.25, -0.2) is 4.79 Å². The minimum Gasteiger partial charge on any atom is -0.507 e. The molecule has 6 heteroatoms. The highest BCUT2D eigenvalue weighted by Gasteiger charge is 2.24. The van der Waals surface area contributed by atoms with E-state index in [2.05, 4.69) is 0 Å². The predicted molar refractivity (Wildman–Crippen MR) is 80.0 cm³/mol. The second kappa shape index (κ2) is 7.15. The fourth-order valence-corrected chi connectivity index (χ4v) is 2.56. The Morgan fingerprint density at radius 1 is 1.36 bits per heavy atom. The summed E-state index contributed by atoms with van der Waals surface area (Å²) < 4.78 is 10.0. The molecule has 1 amide bonds. The normalized spacial score (nSPS) is 17.9. The van der Waals surface area contributed by atoms with Crippen molar-refractivity contribution < 1.29 is 24.2 Å². The molecule has 1 aliphatic rings. The van der Waals surface area contributed by atoms with Gasteiger partial charge in [-0.15, -0.1) is 0 Å². The van der Waals surface area contributed by atoms with Gasteiger partial charge >= 0.3 is 5.97 Å². The highest BCUT2D eigenvalue weighted by Crippen LogP contribution is 2.23. The van der Waals surface area contributed by atoms with Gasteiger partial charge in [-0.2, -0.15) is 0 Å². The van der Waals surface area contributed by atoms with Crippen LogP contribution in [-0.4, -0.2) is 48.2 Å². The average Bonchev–Trinajstić information content (AvgIpc) is 2.53. The number of aromatic hydroxyl groups is 1. The van der Waals surface area contributed by atoms with Gasteiger partial charge in [-0.3, -0.25) is 4.79 Å². The van der Waals surface area contributed by atoms with E-state index in [4.69, 9.17) is 9.47 Å². The highest BCUT2D eigenvalue weighted by molar-refractivity contribution is 5.94. The fourth-order valence-electron chi connectivity index (χ4n) is 2.56. The molecule has 6 nitrogen and oxygen atoms in total. The monoisotopic (exact) mass is 307 g/mol. The summed E-state index contributed by atoms with van der Waals surface area (Å²) in [5.74, 6) is -0.720. The molecule has 1 saturated heterocycles. The lowest BCUT2D eigenvalue weighted by Crippen LogP contribution is -2.44. The first-order valence-electron chi connectivity index (χ1n) is 7.36. The Kier molecular flexibility index (Phi) is 5.25. The summed E-state index contributed by atoms with van der Waals surface area (Å²) in [5, 5.41) is 9.71. The molecule has 120 valence electrons. The number of amides is 1. The van der Waals surface area contributed by atoms with Gasteiger partial charge in [0.15, 0.2) is 6.61 Å². The smallest absolute Gasteiger partial charge is 0.342 e. The number of phenols is 1. The quantitative estimate of drug-likeness (QED) is 0.861. The molecule has 1 atom stereocenters. The second-order valence-corrected chi connectivity index (χ2v) is 5.39. The van der Waals surface area contributed by atoms with Crippen LogP contribution in [0.15, 0.2) is 18.2 Å². The van der Waals surface area contributed by atoms with Gasteiger partial charge in [-0.1, -0.05) is 0 Å². The molecule has 1 N–H and O–H groups in total. The first-order valence-corrected chi connectivity index (χ1v) is 7.36. The molecule has 0 aliphatic carbocycles. The van der Waals surface area contributed by atoms with Crippen molar-refractivity contribution in [1.29, 1.82) is 0 Å². The standard InChI is InChI=1S/C16H21NO5/c1-11-5-3-4-8-17(11)15(19)10-22-16(20)13-9-12(21-2)6-7-14(13)18/h6-7,9,11,18H,3-5,8,10H2,1-2H3/t11-/m0/s1. The van der Waals surface area contributed by atoms with Crippen LogP contribution in [0.5, 0.6) is 11.5 Å². The van der Waals surface area contributed by atoms with E-state index in [0.717, 1.165) is 19.3 Å². The number of ether oxygens (including phenoxy) is 2. The number of nitrogens with zero attached hydrogens (tertiary/aromatic N) is 1. The van der Waals surface area contributed by atoms with Crippen molar-refractivity contribution in [2.75, 3.05) is 20.3 Å². The predicted octanol–water partition coefficient (Wildman–Crippen LogP) is 1.96. The van der Waals surface area contributed by atoms with Crippen molar-refractivity contribution in [2.24, 2.45) is 0 Å². The Morgan fingerprint density at radius 3 is 2.82 bits per heavy atom. The summed E-state index contributed by atoms with van der Waals surface area (Å²) in [6, 6.07) is 4.44. The third-order valence-electron chi connectivity index (χ3n) is 3.87. The van der Waals surface area contributed by atoms with Gasteiger partial charge in [-0.05, 0) is 44.4 Å². The second-order valence-electron chi connectivity index (χ2n) is 5.39. The Balaban J connectivity index is 1.96. The summed E-state index contributed by atoms with van der Waals surface area (Å²) in [7, 11) is 1.46. The minimum atomic E-state index is -0.741. The molecule has 1 aromatic rings. The largest absolute Gasteiger partial charge is 0.507 e. The summed E-state index contributed by atoms with van der Waals surface area (Å²) >= 11 is 0. The zero-order chi connectivity index (χ0) is 16.1. The van der Waals surface area contributed by atoms with Crippen molar-refractivity contribution in [3.8, 4) is 11.5 Å². The summed E-state index contributed by atoms with van der Waals surface area (Å²) in [6.07, 6.45) is 3.06. The van der Waals surface area contributed by atoms with Crippen molar-refractivity contribution in [3.63, 3.8) is 0 Å². The molecule has 1 heterocycles. The van der Waals surface area contributed by atoms with Crippen LogP contribution in [0.3, 0.4) is 0 Å². The van der Waals surface area contributed by atoms with Crippen LogP contribution in [0, 0.1) is 0 Å². The van der Waals surface area contributed by atoms with Crippen molar-refractivity contribution in [3.05, 3.63) is 23.8 Å². The number of methoxy groups -OCH3 is 1. The van der Waals surface area contributed by atoms with Gasteiger partial charge in [0.2, 0.25) is 0 Å². The Labute approximate surface area is 129 Å². The molecule has 0 unspecified atom stereocenters. The molecule has 0 aromatic heterocycles. The number of likely N-dealkylation sites (tertiary alicyclic amines) is 1. The number of phenolic OH excluding ortho intramolecular Hbond substituents is 1. The van der Waals surface area contributed by atoms with E-state index in [0.29, 0.717) is 12.3 Å². The number of carbonyl (C=O) groups is 2. The molecule has 0 spiro atoms. The maximum Gasteiger partial charge on any atom is 0.342 e. The molecular formula is C16H21NO5. The van der Waals surface area contributed by atoms with Gasteiger partial charge in [0.05, 0.1) is 7.11 Å². The number of hydrogen-bond acceptors (Lipinski definition) is 5. The van der Waals surface area contributed by atoms with E-state index < -0.39 is 5.97 Å². The average molecular weight is 307 g/mol. The van der Waals surface area contributed by atoms with Gasteiger partial charge in [0.1, 0.15) is 17.1 Å². The molecule has 22 heavy (non-hydrogen) atoms. The van der Waals surface area contributed by atoms with Crippen LogP contribution in [-0.2, 0) is 9.53 Å². The van der Waals surface area contributed by atoms with Crippen molar-refractivity contribution >= 4 is 11.9 Å². The van der Waals surface area contributed by atoms with Crippen molar-refractivity contribution in [1.82, 2.24) is 4.90 Å². The van der Waals surface area contributed by atoms with E-state index in [9.17, 15) is 14.7 Å². The minimum absolute atomic E-state index is 0.0150. The lowest BCUT2D eigenvalue weighted by atomic mass is 10.0. The highest BCUT2D eigenvalue weighted by atomic mass is 16.5. The molecule has 1 aromatic carbocycles. The number of esters is 1. The maximum atomic E-state index is 12.1. The first-order chi connectivity index (χ1) is 10.5. The summed E-state index contributed by atoms with van der Waals surface area (Å²) in [4.78, 5) is 25.8. The number of benzene rings is 1. The molecular weight excluding hydrogens is 286 g/mol. The molecule has 1 fully saturated rings. The van der Waals surface area contributed by atoms with E-state index in [1.807, 2.05) is 6.92 Å². The molecule has 0 radical (unpaired) electrons. The number of carbonyl (C=O) groups excluding carboxylic acids is 2. The number of piperidine rings is 1. The molecule has 0 saturated carbocycles.